The van der Waals surface area contributed by atoms with Gasteiger partial charge in [0.15, 0.2) is 12.0 Å². The monoisotopic (exact) mass is 124 g/mol. The van der Waals surface area contributed by atoms with E-state index in [1.54, 1.807) is 12.3 Å². The fourth-order valence-electron chi connectivity index (χ4n) is 0.636. The van der Waals surface area contributed by atoms with E-state index < -0.39 is 0 Å². The van der Waals surface area contributed by atoms with E-state index in [0.717, 1.165) is 0 Å². The summed E-state index contributed by atoms with van der Waals surface area (Å²) in [4.78, 5) is 4.87. The Morgan fingerprint density at radius 2 is 2.56 bits per heavy atom. The lowest BCUT2D eigenvalue weighted by molar-refractivity contribution is 0.237. The van der Waals surface area contributed by atoms with Crippen LogP contribution in [0.1, 0.15) is 5.69 Å². The van der Waals surface area contributed by atoms with Crippen LogP contribution in [0.25, 0.3) is 6.08 Å². The average Bonchev–Trinajstić information content (AvgIpc) is 2.33. The molecule has 2 heterocycles. The van der Waals surface area contributed by atoms with E-state index in [1.165, 1.54) is 6.26 Å². The Bertz CT molecular complexity index is 241. The maximum absolute atomic E-state index is 4.87. The van der Waals surface area contributed by atoms with Crippen LogP contribution in [0.5, 0.6) is 5.75 Å². The lowest BCUT2D eigenvalue weighted by atomic mass is 10.4. The first-order valence-electron chi connectivity index (χ1n) is 2.50. The van der Waals surface area contributed by atoms with Crippen LogP contribution < -0.4 is 10.3 Å². The quantitative estimate of drug-likeness (QED) is 0.548. The topological polar surface area (TPSA) is 47.3 Å². The normalized spacial score (nSPS) is 13.8. The summed E-state index contributed by atoms with van der Waals surface area (Å²) in [7, 11) is 0. The summed E-state index contributed by atoms with van der Waals surface area (Å²) in [6, 6.07) is 0. The van der Waals surface area contributed by atoms with Crippen LogP contribution in [0, 0.1) is 0 Å². The Kier molecular flexibility index (Phi) is 0.745. The molecular weight excluding hydrogens is 120 g/mol. The van der Waals surface area contributed by atoms with Crippen molar-refractivity contribution in [2.45, 2.75) is 0 Å². The molecule has 0 saturated heterocycles. The van der Waals surface area contributed by atoms with E-state index in [1.807, 2.05) is 0 Å². The highest BCUT2D eigenvalue weighted by Crippen LogP contribution is 2.18. The van der Waals surface area contributed by atoms with E-state index in [9.17, 15) is 0 Å². The molecule has 1 aromatic heterocycles. The minimum absolute atomic E-state index is 0.623. The van der Waals surface area contributed by atoms with E-state index in [2.05, 4.69) is 15.2 Å². The summed E-state index contributed by atoms with van der Waals surface area (Å²) in [5.74, 6) is 0.623. The van der Waals surface area contributed by atoms with Gasteiger partial charge in [0.2, 0.25) is 5.75 Å². The van der Waals surface area contributed by atoms with Crippen molar-refractivity contribution < 1.29 is 9.36 Å². The summed E-state index contributed by atoms with van der Waals surface area (Å²) >= 11 is 0. The summed E-state index contributed by atoms with van der Waals surface area (Å²) in [5, 5.41) is 3.63. The Labute approximate surface area is 51.0 Å². The Hall–Kier alpha value is -1.45. The van der Waals surface area contributed by atoms with Crippen LogP contribution >= 0.6 is 0 Å². The molecule has 1 aromatic rings. The second kappa shape index (κ2) is 1.51. The number of rotatable bonds is 0. The number of nitrogens with zero attached hydrogens (tertiary/aromatic N) is 1. The van der Waals surface area contributed by atoms with Gasteiger partial charge in [-0.25, -0.2) is 5.48 Å². The van der Waals surface area contributed by atoms with Crippen molar-refractivity contribution >= 4 is 6.08 Å². The maximum atomic E-state index is 4.87. The van der Waals surface area contributed by atoms with Gasteiger partial charge in [-0.05, 0) is 6.08 Å². The van der Waals surface area contributed by atoms with Gasteiger partial charge in [-0.2, -0.15) is 0 Å². The van der Waals surface area contributed by atoms with Gasteiger partial charge in [0.05, 0.1) is 0 Å². The average molecular weight is 124 g/mol. The van der Waals surface area contributed by atoms with E-state index in [-0.39, 0.29) is 0 Å². The Morgan fingerprint density at radius 1 is 1.56 bits per heavy atom. The van der Waals surface area contributed by atoms with Gasteiger partial charge >= 0.3 is 0 Å². The first kappa shape index (κ1) is 4.43. The molecule has 0 spiro atoms. The smallest absolute Gasteiger partial charge is 0.221 e. The number of hydroxylamine groups is 1. The molecule has 0 unspecified atom stereocenters. The van der Waals surface area contributed by atoms with Gasteiger partial charge in [-0.15, -0.1) is 0 Å². The number of aromatic nitrogens is 1. The Balaban J connectivity index is 2.53. The molecule has 9 heavy (non-hydrogen) atoms. The molecule has 0 atom stereocenters. The molecule has 0 radical (unpaired) electrons. The molecule has 1 N–H and O–H groups in total. The van der Waals surface area contributed by atoms with Crippen molar-refractivity contribution in [3.63, 3.8) is 0 Å². The number of fused-ring (bicyclic) bond motifs is 1. The van der Waals surface area contributed by atoms with Crippen molar-refractivity contribution in [1.29, 1.82) is 0 Å². The zero-order chi connectivity index (χ0) is 6.10. The zero-order valence-corrected chi connectivity index (χ0v) is 4.50. The molecule has 0 fully saturated rings. The van der Waals surface area contributed by atoms with Crippen LogP contribution in [0.3, 0.4) is 0 Å². The van der Waals surface area contributed by atoms with Gasteiger partial charge in [0.1, 0.15) is 0 Å². The van der Waals surface area contributed by atoms with Crippen molar-refractivity contribution in [2.75, 3.05) is 0 Å². The van der Waals surface area contributed by atoms with E-state index >= 15 is 0 Å². The molecule has 0 bridgehead atoms. The second-order valence-electron chi connectivity index (χ2n) is 1.62. The number of hydrogen-bond acceptors (Lipinski definition) is 4. The number of hydrogen-bond donors (Lipinski definition) is 1. The largest absolute Gasteiger partial charge is 0.377 e. The lowest BCUT2D eigenvalue weighted by Gasteiger charge is -2.03. The predicted molar refractivity (Wildman–Crippen MR) is 29.3 cm³/mol. The zero-order valence-electron chi connectivity index (χ0n) is 4.50. The number of nitrogens with one attached hydrogen (secondary N) is 1. The van der Waals surface area contributed by atoms with Gasteiger partial charge < -0.3 is 9.36 Å². The van der Waals surface area contributed by atoms with Crippen molar-refractivity contribution in [2.24, 2.45) is 0 Å². The molecule has 1 aliphatic heterocycles. The minimum atomic E-state index is 0.623. The van der Waals surface area contributed by atoms with Crippen LogP contribution in [-0.2, 0) is 0 Å². The van der Waals surface area contributed by atoms with Gasteiger partial charge in [0.25, 0.3) is 0 Å². The third-order valence-electron chi connectivity index (χ3n) is 1.04. The molecule has 0 saturated carbocycles. The summed E-state index contributed by atoms with van der Waals surface area (Å²) < 4.78 is 4.60. The molecule has 1 aliphatic rings. The molecule has 0 aliphatic carbocycles. The Morgan fingerprint density at radius 3 is 3.44 bits per heavy atom. The minimum Gasteiger partial charge on any atom is -0.377 e. The van der Waals surface area contributed by atoms with Crippen molar-refractivity contribution in [1.82, 2.24) is 10.6 Å². The first-order valence-corrected chi connectivity index (χ1v) is 2.50. The van der Waals surface area contributed by atoms with E-state index in [4.69, 9.17) is 4.84 Å². The summed E-state index contributed by atoms with van der Waals surface area (Å²) in [6.45, 7) is 0. The van der Waals surface area contributed by atoms with Gasteiger partial charge in [-0.1, -0.05) is 5.16 Å². The maximum Gasteiger partial charge on any atom is 0.221 e. The molecular formula is C5H4N2O2. The highest BCUT2D eigenvalue weighted by atomic mass is 16.7. The predicted octanol–water partition coefficient (Wildman–Crippen LogP) is 0.542. The second-order valence-corrected chi connectivity index (χ2v) is 1.62. The molecule has 4 nitrogen and oxygen atoms in total. The third kappa shape index (κ3) is 0.561. The van der Waals surface area contributed by atoms with Crippen LogP contribution in [0.15, 0.2) is 17.0 Å². The van der Waals surface area contributed by atoms with Gasteiger partial charge in [-0.3, -0.25) is 0 Å². The van der Waals surface area contributed by atoms with Crippen LogP contribution in [0.2, 0.25) is 0 Å². The van der Waals surface area contributed by atoms with E-state index in [0.29, 0.717) is 11.4 Å². The molecule has 2 rings (SSSR count). The first-order chi connectivity index (χ1) is 4.47. The lowest BCUT2D eigenvalue weighted by Crippen LogP contribution is -2.13. The fourth-order valence-corrected chi connectivity index (χ4v) is 0.636. The molecule has 0 aromatic carbocycles. The molecule has 0 amide bonds. The highest BCUT2D eigenvalue weighted by Gasteiger charge is 2.07. The van der Waals surface area contributed by atoms with Crippen molar-refractivity contribution in [3.05, 3.63) is 18.2 Å². The summed E-state index contributed by atoms with van der Waals surface area (Å²) in [5.41, 5.74) is 3.26. The molecule has 46 valence electrons. The molecule has 4 heteroatoms. The highest BCUT2D eigenvalue weighted by molar-refractivity contribution is 5.52. The SMILES string of the molecule is C1=Cc2nocc2ON1. The third-order valence-corrected chi connectivity index (χ3v) is 1.04. The van der Waals surface area contributed by atoms with Crippen molar-refractivity contribution in [3.8, 4) is 5.75 Å². The van der Waals surface area contributed by atoms with Crippen LogP contribution in [0.4, 0.5) is 0 Å². The van der Waals surface area contributed by atoms with Crippen LogP contribution in [-0.4, -0.2) is 5.16 Å². The summed E-state index contributed by atoms with van der Waals surface area (Å²) in [6.07, 6.45) is 4.85. The standard InChI is InChI=1S/C5H4N2O2/c1-2-6-9-5-3-8-7-4(1)5/h1-3,6H. The fraction of sp³-hybridized carbons (Fsp3) is 0. The van der Waals surface area contributed by atoms with Gasteiger partial charge in [0, 0.05) is 6.20 Å².